The van der Waals surface area contributed by atoms with Gasteiger partial charge in [-0.05, 0) is 44.8 Å². The number of carbonyl (C=O) groups is 1. The predicted octanol–water partition coefficient (Wildman–Crippen LogP) is 1.77. The smallest absolute Gasteiger partial charge is 0.207 e. The molecule has 1 aliphatic rings. The van der Waals surface area contributed by atoms with Gasteiger partial charge in [0.15, 0.2) is 0 Å². The number of amides is 1. The van der Waals surface area contributed by atoms with Gasteiger partial charge < -0.3 is 16.0 Å². The van der Waals surface area contributed by atoms with Crippen LogP contribution in [0.4, 0.5) is 0 Å². The van der Waals surface area contributed by atoms with E-state index in [9.17, 15) is 4.79 Å². The van der Waals surface area contributed by atoms with E-state index in [1.54, 1.807) is 0 Å². The van der Waals surface area contributed by atoms with Crippen LogP contribution in [0.15, 0.2) is 30.3 Å². The first kappa shape index (κ1) is 16.0. The molecule has 116 valence electrons. The number of hydrogen-bond acceptors (Lipinski definition) is 3. The van der Waals surface area contributed by atoms with Crippen LogP contribution in [0, 0.1) is 0 Å². The van der Waals surface area contributed by atoms with E-state index in [1.807, 2.05) is 7.05 Å². The molecule has 0 atom stereocenters. The fourth-order valence-corrected chi connectivity index (χ4v) is 3.65. The van der Waals surface area contributed by atoms with Gasteiger partial charge in [-0.3, -0.25) is 4.79 Å². The van der Waals surface area contributed by atoms with Crippen molar-refractivity contribution in [3.63, 3.8) is 0 Å². The van der Waals surface area contributed by atoms with Gasteiger partial charge in [0.1, 0.15) is 0 Å². The summed E-state index contributed by atoms with van der Waals surface area (Å²) in [5.74, 6) is 0. The van der Waals surface area contributed by atoms with E-state index >= 15 is 0 Å². The van der Waals surface area contributed by atoms with Gasteiger partial charge in [0.25, 0.3) is 0 Å². The topological polar surface area (TPSA) is 53.2 Å². The van der Waals surface area contributed by atoms with Crippen molar-refractivity contribution in [3.8, 4) is 0 Å². The molecule has 1 aliphatic carbocycles. The highest BCUT2D eigenvalue weighted by molar-refractivity contribution is 5.48. The van der Waals surface area contributed by atoms with Gasteiger partial charge in [0.2, 0.25) is 6.41 Å². The number of rotatable bonds is 7. The molecule has 1 fully saturated rings. The summed E-state index contributed by atoms with van der Waals surface area (Å²) in [5, 5.41) is 9.98. The molecule has 0 heterocycles. The van der Waals surface area contributed by atoms with E-state index in [-0.39, 0.29) is 11.1 Å². The lowest BCUT2D eigenvalue weighted by Crippen LogP contribution is -2.58. The molecule has 1 aromatic rings. The molecule has 4 nitrogen and oxygen atoms in total. The minimum absolute atomic E-state index is 0.0395. The van der Waals surface area contributed by atoms with Gasteiger partial charge in [0, 0.05) is 12.1 Å². The lowest BCUT2D eigenvalue weighted by molar-refractivity contribution is -0.111. The average molecular weight is 289 g/mol. The van der Waals surface area contributed by atoms with E-state index in [0.29, 0.717) is 0 Å². The SMILES string of the molecule is CCNC1(c2ccccc2)CCC(CNC)(NC=O)CC1. The Bertz CT molecular complexity index is 439. The predicted molar refractivity (Wildman–Crippen MR) is 86.1 cm³/mol. The average Bonchev–Trinajstić information content (AvgIpc) is 2.52. The Kier molecular flexibility index (Phi) is 5.37. The van der Waals surface area contributed by atoms with Crippen LogP contribution < -0.4 is 16.0 Å². The molecule has 0 aromatic heterocycles. The van der Waals surface area contributed by atoms with E-state index in [4.69, 9.17) is 0 Å². The summed E-state index contributed by atoms with van der Waals surface area (Å²) >= 11 is 0. The monoisotopic (exact) mass is 289 g/mol. The highest BCUT2D eigenvalue weighted by Gasteiger charge is 2.42. The van der Waals surface area contributed by atoms with Crippen molar-refractivity contribution in [2.24, 2.45) is 0 Å². The first-order chi connectivity index (χ1) is 10.2. The molecule has 1 amide bonds. The zero-order chi connectivity index (χ0) is 15.2. The van der Waals surface area contributed by atoms with Crippen molar-refractivity contribution in [1.82, 2.24) is 16.0 Å². The van der Waals surface area contributed by atoms with Crippen LogP contribution in [-0.2, 0) is 10.3 Å². The van der Waals surface area contributed by atoms with Crippen LogP contribution in [-0.4, -0.2) is 32.1 Å². The number of likely N-dealkylation sites (N-methyl/N-ethyl adjacent to an activating group) is 1. The van der Waals surface area contributed by atoms with Crippen molar-refractivity contribution < 1.29 is 4.79 Å². The molecular formula is C17H27N3O. The van der Waals surface area contributed by atoms with Crippen molar-refractivity contribution >= 4 is 6.41 Å². The first-order valence-electron chi connectivity index (χ1n) is 7.87. The van der Waals surface area contributed by atoms with Crippen LogP contribution in [0.25, 0.3) is 0 Å². The minimum Gasteiger partial charge on any atom is -0.352 e. The fraction of sp³-hybridized carbons (Fsp3) is 0.588. The second-order valence-corrected chi connectivity index (χ2v) is 6.05. The number of nitrogens with one attached hydrogen (secondary N) is 3. The third kappa shape index (κ3) is 3.44. The van der Waals surface area contributed by atoms with Crippen LogP contribution in [0.5, 0.6) is 0 Å². The highest BCUT2D eigenvalue weighted by Crippen LogP contribution is 2.41. The molecule has 3 N–H and O–H groups in total. The molecule has 0 radical (unpaired) electrons. The Hall–Kier alpha value is -1.39. The van der Waals surface area contributed by atoms with Gasteiger partial charge in [-0.1, -0.05) is 37.3 Å². The lowest BCUT2D eigenvalue weighted by Gasteiger charge is -2.47. The minimum atomic E-state index is -0.107. The Morgan fingerprint density at radius 2 is 1.81 bits per heavy atom. The van der Waals surface area contributed by atoms with Crippen molar-refractivity contribution in [2.45, 2.75) is 43.7 Å². The third-order valence-corrected chi connectivity index (χ3v) is 4.78. The van der Waals surface area contributed by atoms with E-state index < -0.39 is 0 Å². The summed E-state index contributed by atoms with van der Waals surface area (Å²) in [5.41, 5.74) is 1.29. The van der Waals surface area contributed by atoms with E-state index in [2.05, 4.69) is 53.2 Å². The summed E-state index contributed by atoms with van der Waals surface area (Å²) in [6, 6.07) is 10.7. The lowest BCUT2D eigenvalue weighted by atomic mass is 9.69. The van der Waals surface area contributed by atoms with E-state index in [0.717, 1.165) is 45.2 Å². The molecule has 4 heteroatoms. The van der Waals surface area contributed by atoms with Gasteiger partial charge >= 0.3 is 0 Å². The Morgan fingerprint density at radius 3 is 2.33 bits per heavy atom. The zero-order valence-electron chi connectivity index (χ0n) is 13.1. The zero-order valence-corrected chi connectivity index (χ0v) is 13.1. The molecule has 0 aliphatic heterocycles. The highest BCUT2D eigenvalue weighted by atomic mass is 16.1. The molecular weight excluding hydrogens is 262 g/mol. The molecule has 0 bridgehead atoms. The van der Waals surface area contributed by atoms with Gasteiger partial charge in [-0.15, -0.1) is 0 Å². The van der Waals surface area contributed by atoms with Crippen molar-refractivity contribution in [3.05, 3.63) is 35.9 Å². The third-order valence-electron chi connectivity index (χ3n) is 4.78. The maximum atomic E-state index is 11.0. The summed E-state index contributed by atoms with van der Waals surface area (Å²) in [6.45, 7) is 3.93. The molecule has 1 aromatic carbocycles. The number of hydrogen-bond donors (Lipinski definition) is 3. The van der Waals surface area contributed by atoms with Crippen LogP contribution in [0.2, 0.25) is 0 Å². The standard InChI is InChI=1S/C17H27N3O/c1-3-19-17(15-7-5-4-6-8-15)11-9-16(10-12-17,13-18-2)20-14-21/h4-8,14,18-19H,3,9-13H2,1-2H3,(H,20,21). The molecule has 0 spiro atoms. The first-order valence-corrected chi connectivity index (χ1v) is 7.87. The maximum absolute atomic E-state index is 11.0. The van der Waals surface area contributed by atoms with E-state index in [1.165, 1.54) is 5.56 Å². The largest absolute Gasteiger partial charge is 0.352 e. The Balaban J connectivity index is 2.19. The summed E-state index contributed by atoms with van der Waals surface area (Å²) in [4.78, 5) is 11.0. The van der Waals surface area contributed by atoms with Gasteiger partial charge in [0.05, 0.1) is 5.54 Å². The number of carbonyl (C=O) groups excluding carboxylic acids is 1. The van der Waals surface area contributed by atoms with Crippen LogP contribution in [0.1, 0.15) is 38.2 Å². The van der Waals surface area contributed by atoms with Crippen LogP contribution in [0.3, 0.4) is 0 Å². The molecule has 1 saturated carbocycles. The van der Waals surface area contributed by atoms with Gasteiger partial charge in [-0.2, -0.15) is 0 Å². The van der Waals surface area contributed by atoms with Crippen LogP contribution >= 0.6 is 0 Å². The molecule has 21 heavy (non-hydrogen) atoms. The molecule has 0 unspecified atom stereocenters. The second-order valence-electron chi connectivity index (χ2n) is 6.05. The Labute approximate surface area is 127 Å². The summed E-state index contributed by atoms with van der Waals surface area (Å²) in [7, 11) is 1.94. The summed E-state index contributed by atoms with van der Waals surface area (Å²) in [6.07, 6.45) is 4.88. The van der Waals surface area contributed by atoms with Gasteiger partial charge in [-0.25, -0.2) is 0 Å². The normalized spacial score (nSPS) is 29.0. The summed E-state index contributed by atoms with van der Waals surface area (Å²) < 4.78 is 0. The number of benzene rings is 1. The second kappa shape index (κ2) is 7.05. The Morgan fingerprint density at radius 1 is 1.14 bits per heavy atom. The van der Waals surface area contributed by atoms with Crippen molar-refractivity contribution in [1.29, 1.82) is 0 Å². The molecule has 0 saturated heterocycles. The maximum Gasteiger partial charge on any atom is 0.207 e. The quantitative estimate of drug-likeness (QED) is 0.671. The molecule has 2 rings (SSSR count). The van der Waals surface area contributed by atoms with Crippen molar-refractivity contribution in [2.75, 3.05) is 20.1 Å². The fourth-order valence-electron chi connectivity index (χ4n) is 3.65.